The van der Waals surface area contributed by atoms with Crippen LogP contribution in [0.5, 0.6) is 0 Å². The molecule has 1 fully saturated rings. The zero-order valence-corrected chi connectivity index (χ0v) is 16.8. The summed E-state index contributed by atoms with van der Waals surface area (Å²) in [5.74, 6) is 0.232. The lowest BCUT2D eigenvalue weighted by Crippen LogP contribution is -2.35. The van der Waals surface area contributed by atoms with Crippen molar-refractivity contribution in [3.63, 3.8) is 0 Å². The molecule has 3 amide bonds. The minimum Gasteiger partial charge on any atom is -0.352 e. The number of halogens is 1. The van der Waals surface area contributed by atoms with Gasteiger partial charge in [0.15, 0.2) is 0 Å². The van der Waals surface area contributed by atoms with Gasteiger partial charge in [-0.3, -0.25) is 9.69 Å². The largest absolute Gasteiger partial charge is 0.352 e. The van der Waals surface area contributed by atoms with Crippen molar-refractivity contribution in [3.05, 3.63) is 41.0 Å². The average Bonchev–Trinajstić information content (AvgIpc) is 3.19. The number of urea groups is 1. The zero-order chi connectivity index (χ0) is 19.0. The summed E-state index contributed by atoms with van der Waals surface area (Å²) < 4.78 is 2.00. The highest BCUT2D eigenvalue weighted by atomic mass is 79.9. The molecule has 138 valence electrons. The Kier molecular flexibility index (Phi) is 4.79. The van der Waals surface area contributed by atoms with Crippen LogP contribution >= 0.6 is 27.3 Å². The Morgan fingerprint density at radius 3 is 2.89 bits per heavy atom. The van der Waals surface area contributed by atoms with E-state index in [0.717, 1.165) is 15.0 Å². The molecular weight excluding hydrogens is 430 g/mol. The first-order valence-electron chi connectivity index (χ1n) is 8.40. The summed E-state index contributed by atoms with van der Waals surface area (Å²) in [6, 6.07) is 9.45. The van der Waals surface area contributed by atoms with Crippen LogP contribution in [0.15, 0.2) is 41.0 Å². The van der Waals surface area contributed by atoms with Crippen LogP contribution in [-0.2, 0) is 4.79 Å². The third kappa shape index (κ3) is 3.52. The number of carbonyl (C=O) groups excluding carboxylic acids is 2. The molecule has 0 radical (unpaired) electrons. The Balaban J connectivity index is 1.49. The fourth-order valence-corrected chi connectivity index (χ4v) is 4.48. The molecule has 7 nitrogen and oxygen atoms in total. The maximum absolute atomic E-state index is 11.9. The lowest BCUT2D eigenvalue weighted by molar-refractivity contribution is -0.127. The van der Waals surface area contributed by atoms with E-state index in [9.17, 15) is 9.59 Å². The van der Waals surface area contributed by atoms with Crippen molar-refractivity contribution in [3.8, 4) is 10.6 Å². The number of anilines is 1. The lowest BCUT2D eigenvalue weighted by atomic mass is 10.2. The second kappa shape index (κ2) is 7.24. The van der Waals surface area contributed by atoms with E-state index in [2.05, 4.69) is 54.7 Å². The molecule has 0 aliphatic carbocycles. The number of hydrogen-bond acceptors (Lipinski definition) is 6. The van der Waals surface area contributed by atoms with Gasteiger partial charge in [0.25, 0.3) is 5.91 Å². The summed E-state index contributed by atoms with van der Waals surface area (Å²) >= 11 is 5.18. The average molecular weight is 446 g/mol. The highest BCUT2D eigenvalue weighted by Gasteiger charge is 2.34. The third-order valence-corrected chi connectivity index (χ3v) is 5.95. The minimum absolute atomic E-state index is 0.218. The van der Waals surface area contributed by atoms with Gasteiger partial charge < -0.3 is 10.6 Å². The van der Waals surface area contributed by atoms with Gasteiger partial charge in [-0.2, -0.15) is 0 Å². The fraction of sp³-hybridized carbons (Fsp3) is 0.222. The topological polar surface area (TPSA) is 87.2 Å². The van der Waals surface area contributed by atoms with Gasteiger partial charge in [0.2, 0.25) is 5.95 Å². The molecule has 1 atom stereocenters. The normalized spacial score (nSPS) is 16.8. The van der Waals surface area contributed by atoms with Crippen molar-refractivity contribution in [1.82, 2.24) is 20.2 Å². The summed E-state index contributed by atoms with van der Waals surface area (Å²) in [5.41, 5.74) is 0.803. The molecule has 27 heavy (non-hydrogen) atoms. The van der Waals surface area contributed by atoms with Crippen LogP contribution in [0.4, 0.5) is 10.7 Å². The number of imide groups is 1. The third-order valence-electron chi connectivity index (χ3n) is 4.24. The number of fused-ring (bicyclic) bond motifs is 1. The molecule has 3 aromatic rings. The molecule has 2 N–H and O–H groups in total. The van der Waals surface area contributed by atoms with E-state index in [1.165, 1.54) is 15.0 Å². The molecule has 0 bridgehead atoms. The van der Waals surface area contributed by atoms with Crippen molar-refractivity contribution in [1.29, 1.82) is 0 Å². The van der Waals surface area contributed by atoms with Crippen LogP contribution in [0.25, 0.3) is 20.7 Å². The summed E-state index contributed by atoms with van der Waals surface area (Å²) in [5, 5.41) is 6.85. The molecule has 1 aliphatic rings. The molecule has 1 aromatic carbocycles. The maximum atomic E-state index is 11.9. The van der Waals surface area contributed by atoms with Crippen molar-refractivity contribution >= 4 is 55.2 Å². The molecular formula is C18H16BrN5O2S. The van der Waals surface area contributed by atoms with Gasteiger partial charge in [-0.25, -0.2) is 14.8 Å². The molecule has 4 rings (SSSR count). The number of thiophene rings is 1. The summed E-state index contributed by atoms with van der Waals surface area (Å²) in [4.78, 5) is 34.7. The molecule has 0 saturated carbocycles. The smallest absolute Gasteiger partial charge is 0.324 e. The summed E-state index contributed by atoms with van der Waals surface area (Å²) in [6.07, 6.45) is 1.70. The van der Waals surface area contributed by atoms with E-state index in [0.29, 0.717) is 12.5 Å². The Hall–Kier alpha value is -2.52. The van der Waals surface area contributed by atoms with Crippen LogP contribution in [-0.4, -0.2) is 45.9 Å². The Morgan fingerprint density at radius 1 is 1.33 bits per heavy atom. The first-order valence-corrected chi connectivity index (χ1v) is 10.0. The van der Waals surface area contributed by atoms with Gasteiger partial charge in [0.1, 0.15) is 11.7 Å². The van der Waals surface area contributed by atoms with Gasteiger partial charge in [0, 0.05) is 24.0 Å². The molecule has 9 heteroatoms. The maximum Gasteiger partial charge on any atom is 0.324 e. The predicted octanol–water partition coefficient (Wildman–Crippen LogP) is 3.47. The van der Waals surface area contributed by atoms with Gasteiger partial charge in [0.05, 0.1) is 9.35 Å². The zero-order valence-electron chi connectivity index (χ0n) is 14.4. The predicted molar refractivity (Wildman–Crippen MR) is 109 cm³/mol. The van der Waals surface area contributed by atoms with E-state index < -0.39 is 6.04 Å². The first kappa shape index (κ1) is 17.9. The van der Waals surface area contributed by atoms with E-state index >= 15 is 0 Å². The Morgan fingerprint density at radius 2 is 2.15 bits per heavy atom. The van der Waals surface area contributed by atoms with Crippen LogP contribution in [0.2, 0.25) is 0 Å². The molecule has 1 aliphatic heterocycles. The monoisotopic (exact) mass is 445 g/mol. The van der Waals surface area contributed by atoms with Gasteiger partial charge in [-0.1, -0.05) is 18.2 Å². The van der Waals surface area contributed by atoms with Crippen molar-refractivity contribution < 1.29 is 9.59 Å². The first-order chi connectivity index (χ1) is 13.0. The number of hydrogen-bond donors (Lipinski definition) is 2. The quantitative estimate of drug-likeness (QED) is 0.587. The highest BCUT2D eigenvalue weighted by Crippen LogP contribution is 2.36. The molecule has 1 saturated heterocycles. The van der Waals surface area contributed by atoms with Crippen LogP contribution in [0.3, 0.4) is 0 Å². The van der Waals surface area contributed by atoms with E-state index in [-0.39, 0.29) is 18.5 Å². The van der Waals surface area contributed by atoms with E-state index in [1.807, 2.05) is 12.1 Å². The number of nitrogens with one attached hydrogen (secondary N) is 2. The molecule has 1 unspecified atom stereocenters. The minimum atomic E-state index is -0.471. The Bertz CT molecular complexity index is 1000. The Labute approximate surface area is 167 Å². The van der Waals surface area contributed by atoms with Gasteiger partial charge in [-0.15, -0.1) is 11.3 Å². The number of nitrogens with zero attached hydrogens (tertiary/aromatic N) is 3. The SMILES string of the molecule is CC1NC(=O)N(CCNc2ncc(Br)c(-c3cc4ccccc4s3)n2)C1=O. The summed E-state index contributed by atoms with van der Waals surface area (Å²) in [7, 11) is 0. The number of benzene rings is 1. The molecule has 0 spiro atoms. The van der Waals surface area contributed by atoms with Gasteiger partial charge in [-0.05, 0) is 40.4 Å². The number of carbonyl (C=O) groups is 2. The van der Waals surface area contributed by atoms with Crippen LogP contribution in [0, 0.1) is 0 Å². The molecule has 3 heterocycles. The lowest BCUT2D eigenvalue weighted by Gasteiger charge is -2.13. The van der Waals surface area contributed by atoms with Crippen molar-refractivity contribution in [2.75, 3.05) is 18.4 Å². The van der Waals surface area contributed by atoms with Crippen molar-refractivity contribution in [2.24, 2.45) is 0 Å². The second-order valence-electron chi connectivity index (χ2n) is 6.13. The molecule has 2 aromatic heterocycles. The number of amides is 3. The standard InChI is InChI=1S/C18H16BrN5O2S/c1-10-16(25)24(18(26)22-10)7-6-20-17-21-9-12(19)15(23-17)14-8-11-4-2-3-5-13(11)27-14/h2-5,8-10H,6-7H2,1H3,(H,22,26)(H,20,21,23). The van der Waals surface area contributed by atoms with E-state index in [4.69, 9.17) is 0 Å². The van der Waals surface area contributed by atoms with Crippen LogP contribution in [0.1, 0.15) is 6.92 Å². The second-order valence-corrected chi connectivity index (χ2v) is 8.06. The van der Waals surface area contributed by atoms with Gasteiger partial charge >= 0.3 is 6.03 Å². The number of aromatic nitrogens is 2. The number of rotatable bonds is 5. The highest BCUT2D eigenvalue weighted by molar-refractivity contribution is 9.10. The summed E-state index contributed by atoms with van der Waals surface area (Å²) in [6.45, 7) is 2.30. The van der Waals surface area contributed by atoms with E-state index in [1.54, 1.807) is 24.5 Å². The fourth-order valence-electron chi connectivity index (χ4n) is 2.87. The van der Waals surface area contributed by atoms with Crippen molar-refractivity contribution in [2.45, 2.75) is 13.0 Å². The van der Waals surface area contributed by atoms with Crippen LogP contribution < -0.4 is 10.6 Å².